The summed E-state index contributed by atoms with van der Waals surface area (Å²) in [6, 6.07) is 0.423. The highest BCUT2D eigenvalue weighted by Crippen LogP contribution is 2.28. The van der Waals surface area contributed by atoms with Gasteiger partial charge in [0.2, 0.25) is 5.91 Å². The molecule has 1 N–H and O–H groups in total. The molecule has 0 bridgehead atoms. The first-order valence-corrected chi connectivity index (χ1v) is 7.91. The third-order valence-electron chi connectivity index (χ3n) is 4.83. The zero-order valence-electron chi connectivity index (χ0n) is 13.0. The lowest BCUT2D eigenvalue weighted by atomic mass is 9.82. The van der Waals surface area contributed by atoms with Crippen molar-refractivity contribution >= 4 is 11.9 Å². The Bertz CT molecular complexity index is 422. The Morgan fingerprint density at radius 3 is 2.57 bits per heavy atom. The molecule has 0 aromatic rings. The monoisotopic (exact) mass is 294 g/mol. The van der Waals surface area contributed by atoms with Crippen molar-refractivity contribution in [3.63, 3.8) is 0 Å². The molecule has 0 aromatic carbocycles. The number of rotatable bonds is 5. The number of aliphatic carboxylic acids is 1. The first kappa shape index (κ1) is 16.0. The number of carbonyl (C=O) groups is 2. The molecule has 1 aliphatic carbocycles. The SMILES string of the molecule is CCN1CCCC1CN(C)C(=O)C1CC=CCC1C(=O)O. The van der Waals surface area contributed by atoms with Crippen molar-refractivity contribution < 1.29 is 14.7 Å². The van der Waals surface area contributed by atoms with E-state index in [1.807, 2.05) is 19.2 Å². The van der Waals surface area contributed by atoms with Gasteiger partial charge in [0.15, 0.2) is 0 Å². The second-order valence-corrected chi connectivity index (χ2v) is 6.14. The van der Waals surface area contributed by atoms with Crippen molar-refractivity contribution in [2.24, 2.45) is 11.8 Å². The molecule has 1 saturated heterocycles. The number of allylic oxidation sites excluding steroid dienone is 2. The van der Waals surface area contributed by atoms with Crippen LogP contribution in [0.4, 0.5) is 0 Å². The zero-order chi connectivity index (χ0) is 15.4. The maximum atomic E-state index is 12.6. The molecule has 2 aliphatic rings. The van der Waals surface area contributed by atoms with Gasteiger partial charge in [-0.3, -0.25) is 14.5 Å². The van der Waals surface area contributed by atoms with Crippen LogP contribution in [-0.2, 0) is 9.59 Å². The number of carbonyl (C=O) groups excluding carboxylic acids is 1. The molecule has 21 heavy (non-hydrogen) atoms. The molecule has 3 atom stereocenters. The highest BCUT2D eigenvalue weighted by molar-refractivity contribution is 5.85. The highest BCUT2D eigenvalue weighted by atomic mass is 16.4. The molecule has 5 heteroatoms. The lowest BCUT2D eigenvalue weighted by Crippen LogP contribution is -2.45. The largest absolute Gasteiger partial charge is 0.481 e. The van der Waals surface area contributed by atoms with Crippen LogP contribution in [0.5, 0.6) is 0 Å². The van der Waals surface area contributed by atoms with Gasteiger partial charge in [0, 0.05) is 19.6 Å². The second-order valence-electron chi connectivity index (χ2n) is 6.14. The lowest BCUT2D eigenvalue weighted by Gasteiger charge is -2.32. The van der Waals surface area contributed by atoms with E-state index in [0.717, 1.165) is 19.5 Å². The van der Waals surface area contributed by atoms with Gasteiger partial charge in [0.1, 0.15) is 0 Å². The number of nitrogens with zero attached hydrogens (tertiary/aromatic N) is 2. The summed E-state index contributed by atoms with van der Waals surface area (Å²) < 4.78 is 0. The Morgan fingerprint density at radius 2 is 1.95 bits per heavy atom. The zero-order valence-corrected chi connectivity index (χ0v) is 13.0. The van der Waals surface area contributed by atoms with Crippen LogP contribution in [0.1, 0.15) is 32.6 Å². The fraction of sp³-hybridized carbons (Fsp3) is 0.750. The average Bonchev–Trinajstić information content (AvgIpc) is 2.93. The number of hydrogen-bond donors (Lipinski definition) is 1. The number of hydrogen-bond acceptors (Lipinski definition) is 3. The van der Waals surface area contributed by atoms with Crippen molar-refractivity contribution in [2.75, 3.05) is 26.7 Å². The summed E-state index contributed by atoms with van der Waals surface area (Å²) in [5.74, 6) is -1.86. The predicted octanol–water partition coefficient (Wildman–Crippen LogP) is 1.60. The van der Waals surface area contributed by atoms with E-state index in [0.29, 0.717) is 25.4 Å². The van der Waals surface area contributed by atoms with Crippen molar-refractivity contribution in [1.29, 1.82) is 0 Å². The maximum Gasteiger partial charge on any atom is 0.307 e. The topological polar surface area (TPSA) is 60.9 Å². The van der Waals surface area contributed by atoms with E-state index in [1.54, 1.807) is 4.90 Å². The Labute approximate surface area is 126 Å². The van der Waals surface area contributed by atoms with Gasteiger partial charge in [-0.25, -0.2) is 0 Å². The van der Waals surface area contributed by atoms with Crippen molar-refractivity contribution in [3.8, 4) is 0 Å². The van der Waals surface area contributed by atoms with Crippen LogP contribution < -0.4 is 0 Å². The van der Waals surface area contributed by atoms with E-state index in [1.165, 1.54) is 6.42 Å². The summed E-state index contributed by atoms with van der Waals surface area (Å²) in [6.07, 6.45) is 7.12. The van der Waals surface area contributed by atoms with Crippen LogP contribution in [0.15, 0.2) is 12.2 Å². The van der Waals surface area contributed by atoms with Gasteiger partial charge in [-0.2, -0.15) is 0 Å². The Morgan fingerprint density at radius 1 is 1.29 bits per heavy atom. The Hall–Kier alpha value is -1.36. The molecule has 5 nitrogen and oxygen atoms in total. The smallest absolute Gasteiger partial charge is 0.307 e. The van der Waals surface area contributed by atoms with Crippen molar-refractivity contribution in [1.82, 2.24) is 9.80 Å². The van der Waals surface area contributed by atoms with Gasteiger partial charge in [0.25, 0.3) is 0 Å². The average molecular weight is 294 g/mol. The van der Waals surface area contributed by atoms with Crippen LogP contribution in [0.25, 0.3) is 0 Å². The summed E-state index contributed by atoms with van der Waals surface area (Å²) in [4.78, 5) is 28.1. The van der Waals surface area contributed by atoms with Crippen LogP contribution in [0.2, 0.25) is 0 Å². The van der Waals surface area contributed by atoms with Gasteiger partial charge in [-0.05, 0) is 38.8 Å². The lowest BCUT2D eigenvalue weighted by molar-refractivity contribution is -0.150. The molecular formula is C16H26N2O3. The van der Waals surface area contributed by atoms with Crippen molar-refractivity contribution in [3.05, 3.63) is 12.2 Å². The van der Waals surface area contributed by atoms with Crippen LogP contribution in [0, 0.1) is 11.8 Å². The molecule has 0 spiro atoms. The first-order valence-electron chi connectivity index (χ1n) is 7.91. The summed E-state index contributed by atoms with van der Waals surface area (Å²) in [6.45, 7) is 4.97. The fourth-order valence-corrected chi connectivity index (χ4v) is 3.57. The van der Waals surface area contributed by atoms with Gasteiger partial charge < -0.3 is 10.0 Å². The Balaban J connectivity index is 1.98. The molecule has 0 aromatic heterocycles. The number of amides is 1. The molecule has 2 rings (SSSR count). The molecule has 0 radical (unpaired) electrons. The summed E-state index contributed by atoms with van der Waals surface area (Å²) >= 11 is 0. The molecular weight excluding hydrogens is 268 g/mol. The van der Waals surface area contributed by atoms with Gasteiger partial charge in [-0.1, -0.05) is 19.1 Å². The van der Waals surface area contributed by atoms with Crippen LogP contribution >= 0.6 is 0 Å². The van der Waals surface area contributed by atoms with Gasteiger partial charge >= 0.3 is 5.97 Å². The van der Waals surface area contributed by atoms with Crippen LogP contribution in [-0.4, -0.2) is 59.5 Å². The highest BCUT2D eigenvalue weighted by Gasteiger charge is 2.36. The molecule has 1 aliphatic heterocycles. The summed E-state index contributed by atoms with van der Waals surface area (Å²) in [5, 5.41) is 9.29. The number of likely N-dealkylation sites (tertiary alicyclic amines) is 1. The molecule has 118 valence electrons. The molecule has 1 heterocycles. The van der Waals surface area contributed by atoms with E-state index in [9.17, 15) is 14.7 Å². The van der Waals surface area contributed by atoms with Gasteiger partial charge in [-0.15, -0.1) is 0 Å². The second kappa shape index (κ2) is 7.07. The van der Waals surface area contributed by atoms with Crippen molar-refractivity contribution in [2.45, 2.75) is 38.6 Å². The molecule has 0 saturated carbocycles. The normalized spacial score (nSPS) is 29.5. The van der Waals surface area contributed by atoms with E-state index in [2.05, 4.69) is 11.8 Å². The minimum atomic E-state index is -0.859. The summed E-state index contributed by atoms with van der Waals surface area (Å²) in [7, 11) is 1.81. The first-order chi connectivity index (χ1) is 10.0. The molecule has 1 fully saturated rings. The maximum absolute atomic E-state index is 12.6. The molecule has 1 amide bonds. The minimum Gasteiger partial charge on any atom is -0.481 e. The predicted molar refractivity (Wildman–Crippen MR) is 80.9 cm³/mol. The van der Waals surface area contributed by atoms with Crippen LogP contribution in [0.3, 0.4) is 0 Å². The standard InChI is InChI=1S/C16H26N2O3/c1-3-18-10-6-7-12(18)11-17(2)15(19)13-8-4-5-9-14(13)16(20)21/h4-5,12-14H,3,6-11H2,1-2H3,(H,20,21). The number of likely N-dealkylation sites (N-methyl/N-ethyl adjacent to an activating group) is 2. The summed E-state index contributed by atoms with van der Waals surface area (Å²) in [5.41, 5.74) is 0. The van der Waals surface area contributed by atoms with E-state index in [-0.39, 0.29) is 5.91 Å². The van der Waals surface area contributed by atoms with E-state index >= 15 is 0 Å². The fourth-order valence-electron chi connectivity index (χ4n) is 3.57. The van der Waals surface area contributed by atoms with E-state index in [4.69, 9.17) is 0 Å². The van der Waals surface area contributed by atoms with E-state index < -0.39 is 17.8 Å². The Kier molecular flexibility index (Phi) is 5.39. The molecule has 3 unspecified atom stereocenters. The van der Waals surface area contributed by atoms with Gasteiger partial charge in [0.05, 0.1) is 11.8 Å². The third-order valence-corrected chi connectivity index (χ3v) is 4.83. The minimum absolute atomic E-state index is 0.0188. The quantitative estimate of drug-likeness (QED) is 0.782. The number of carboxylic acids is 1. The number of carboxylic acid groups (broad SMARTS) is 1. The third kappa shape index (κ3) is 3.64.